The molecule has 0 unspecified atom stereocenters. The summed E-state index contributed by atoms with van der Waals surface area (Å²) < 4.78 is 0. The van der Waals surface area contributed by atoms with Gasteiger partial charge in [-0.2, -0.15) is 0 Å². The van der Waals surface area contributed by atoms with Crippen LogP contribution in [0.5, 0.6) is 0 Å². The van der Waals surface area contributed by atoms with Crippen LogP contribution < -0.4 is 0 Å². The summed E-state index contributed by atoms with van der Waals surface area (Å²) in [6, 6.07) is 0. The molecule has 0 aliphatic carbocycles. The second-order valence-corrected chi connectivity index (χ2v) is 1.15. The number of hydrogen-bond donors (Lipinski definition) is 0. The van der Waals surface area contributed by atoms with Gasteiger partial charge in [0.05, 0.1) is 0 Å². The second kappa shape index (κ2) is 124. The van der Waals surface area contributed by atoms with Gasteiger partial charge < -0.3 is 0 Å². The van der Waals surface area contributed by atoms with Crippen LogP contribution in [0.4, 0.5) is 0 Å². The minimum Gasteiger partial charge on any atom is -0.245 e. The van der Waals surface area contributed by atoms with Gasteiger partial charge in [-0.05, 0) is 0 Å². The molecule has 0 fully saturated rings. The Balaban J connectivity index is -0.0000000213. The summed E-state index contributed by atoms with van der Waals surface area (Å²) in [6.45, 7) is 26.0. The van der Waals surface area contributed by atoms with Crippen molar-refractivity contribution < 1.29 is 17.4 Å². The third kappa shape index (κ3) is 837. The van der Waals surface area contributed by atoms with E-state index in [1.165, 1.54) is 24.3 Å². The van der Waals surface area contributed by atoms with E-state index in [4.69, 9.17) is 0 Å². The maximum absolute atomic E-state index is 3.25. The summed E-state index contributed by atoms with van der Waals surface area (Å²) in [5.41, 5.74) is 0. The smallest absolute Gasteiger partial charge is 0.245 e. The largest absolute Gasteiger partial charge is 4.00 e. The third-order valence-electron chi connectivity index (χ3n) is 0. The van der Waals surface area contributed by atoms with E-state index in [0.717, 1.165) is 0 Å². The van der Waals surface area contributed by atoms with Crippen LogP contribution in [0, 0.1) is 27.7 Å². The molecular formula is C12H20Cr. The quantitative estimate of drug-likeness (QED) is 0.536. The van der Waals surface area contributed by atoms with Crippen molar-refractivity contribution in [2.75, 3.05) is 0 Å². The van der Waals surface area contributed by atoms with E-state index in [-0.39, 0.29) is 17.4 Å². The standard InChI is InChI=1S/4C3H5.Cr/c4*1-3-2;/h4*3H,1-2H2;/q4*-1;+4. The molecule has 0 aromatic rings. The van der Waals surface area contributed by atoms with Gasteiger partial charge in [-0.25, -0.2) is 78.3 Å². The van der Waals surface area contributed by atoms with Gasteiger partial charge in [-0.3, -0.25) is 0 Å². The Morgan fingerprint density at radius 3 is 0.538 bits per heavy atom. The summed E-state index contributed by atoms with van der Waals surface area (Å²) in [5.74, 6) is 0. The molecule has 74 valence electrons. The van der Waals surface area contributed by atoms with E-state index in [9.17, 15) is 0 Å². The van der Waals surface area contributed by atoms with Gasteiger partial charge in [0.25, 0.3) is 0 Å². The van der Waals surface area contributed by atoms with E-state index in [2.05, 4.69) is 54.0 Å². The third-order valence-corrected chi connectivity index (χ3v) is 0. The Bertz CT molecular complexity index is 59.1. The number of allylic oxidation sites excluding steroid dienone is 4. The average molecular weight is 216 g/mol. The van der Waals surface area contributed by atoms with E-state index >= 15 is 0 Å². The molecule has 0 bridgehead atoms. The Labute approximate surface area is 95.9 Å². The van der Waals surface area contributed by atoms with Gasteiger partial charge in [0.15, 0.2) is 0 Å². The molecule has 0 amide bonds. The molecule has 1 heteroatoms. The van der Waals surface area contributed by atoms with Crippen LogP contribution in [-0.4, -0.2) is 0 Å². The molecule has 0 saturated carbocycles. The number of rotatable bonds is 0. The molecule has 0 aliphatic rings. The predicted octanol–water partition coefficient (Wildman–Crippen LogP) is 4.02. The van der Waals surface area contributed by atoms with Crippen LogP contribution in [0.1, 0.15) is 0 Å². The Kier molecular flexibility index (Phi) is 282. The Morgan fingerprint density at radius 1 is 0.538 bits per heavy atom. The van der Waals surface area contributed by atoms with Crippen molar-refractivity contribution in [3.63, 3.8) is 0 Å². The molecule has 0 atom stereocenters. The van der Waals surface area contributed by atoms with Gasteiger partial charge in [0.2, 0.25) is 0 Å². The molecule has 0 radical (unpaired) electrons. The molecule has 0 spiro atoms. The van der Waals surface area contributed by atoms with Crippen molar-refractivity contribution in [2.45, 2.75) is 0 Å². The van der Waals surface area contributed by atoms with Gasteiger partial charge >= 0.3 is 17.4 Å². The van der Waals surface area contributed by atoms with E-state index in [0.29, 0.717) is 0 Å². The maximum atomic E-state index is 3.25. The molecule has 0 N–H and O–H groups in total. The predicted molar refractivity (Wildman–Crippen MR) is 62.2 cm³/mol. The van der Waals surface area contributed by atoms with Crippen LogP contribution >= 0.6 is 0 Å². The molecule has 0 aromatic heterocycles. The van der Waals surface area contributed by atoms with E-state index in [1.807, 2.05) is 0 Å². The minimum absolute atomic E-state index is 0. The van der Waals surface area contributed by atoms with Crippen molar-refractivity contribution in [1.29, 1.82) is 0 Å². The molecule has 0 nitrogen and oxygen atoms in total. The molecule has 0 heterocycles. The summed E-state index contributed by atoms with van der Waals surface area (Å²) in [4.78, 5) is 0. The van der Waals surface area contributed by atoms with Crippen molar-refractivity contribution in [1.82, 2.24) is 0 Å². The molecule has 0 saturated heterocycles. The first kappa shape index (κ1) is 29.6. The van der Waals surface area contributed by atoms with Crippen LogP contribution in [0.3, 0.4) is 0 Å². The molecular weight excluding hydrogens is 196 g/mol. The van der Waals surface area contributed by atoms with Gasteiger partial charge in [-0.15, -0.1) is 0 Å². The summed E-state index contributed by atoms with van der Waals surface area (Å²) in [7, 11) is 0. The monoisotopic (exact) mass is 216 g/mol. The molecule has 0 rings (SSSR count). The van der Waals surface area contributed by atoms with Crippen molar-refractivity contribution in [3.8, 4) is 0 Å². The van der Waals surface area contributed by atoms with E-state index in [1.54, 1.807) is 0 Å². The second-order valence-electron chi connectivity index (χ2n) is 1.15. The van der Waals surface area contributed by atoms with Crippen LogP contribution in [0.2, 0.25) is 0 Å². The first-order chi connectivity index (χ1) is 5.66. The number of hydrogen-bond acceptors (Lipinski definition) is 0. The Hall–Kier alpha value is -1.03. The minimum atomic E-state index is 0. The van der Waals surface area contributed by atoms with Crippen molar-refractivity contribution in [3.05, 3.63) is 78.3 Å². The van der Waals surface area contributed by atoms with Crippen LogP contribution in [0.15, 0.2) is 50.6 Å². The first-order valence-corrected chi connectivity index (χ1v) is 3.27. The van der Waals surface area contributed by atoms with Crippen molar-refractivity contribution >= 4 is 0 Å². The SMILES string of the molecule is C=C[CH2-].C=C[CH2-].C=C[CH2-].C=C[CH2-].[Cr+4]. The zero-order chi connectivity index (χ0) is 10.8. The van der Waals surface area contributed by atoms with Crippen LogP contribution in [0.25, 0.3) is 0 Å². The van der Waals surface area contributed by atoms with Gasteiger partial charge in [-0.1, -0.05) is 0 Å². The van der Waals surface area contributed by atoms with Gasteiger partial charge in [0, 0.05) is 0 Å². The van der Waals surface area contributed by atoms with Crippen LogP contribution in [-0.2, 0) is 17.4 Å². The topological polar surface area (TPSA) is 0 Å². The molecule has 0 aromatic carbocycles. The van der Waals surface area contributed by atoms with Gasteiger partial charge in [0.1, 0.15) is 0 Å². The fourth-order valence-electron chi connectivity index (χ4n) is 0. The average Bonchev–Trinajstić information content (AvgIpc) is 1.92. The van der Waals surface area contributed by atoms with Crippen molar-refractivity contribution in [2.24, 2.45) is 0 Å². The molecule has 0 aliphatic heterocycles. The fraction of sp³-hybridized carbons (Fsp3) is 0. The Morgan fingerprint density at radius 2 is 0.538 bits per heavy atom. The zero-order valence-electron chi connectivity index (χ0n) is 8.37. The fourth-order valence-corrected chi connectivity index (χ4v) is 0. The summed E-state index contributed by atoms with van der Waals surface area (Å²) in [5, 5.41) is 0. The normalized spacial score (nSPS) is 3.69. The first-order valence-electron chi connectivity index (χ1n) is 3.27. The molecule has 13 heavy (non-hydrogen) atoms. The maximum Gasteiger partial charge on any atom is 4.00 e. The van der Waals surface area contributed by atoms with E-state index < -0.39 is 0 Å². The zero-order valence-corrected chi connectivity index (χ0v) is 9.65. The summed E-state index contributed by atoms with van der Waals surface area (Å²) >= 11 is 0. The summed E-state index contributed by atoms with van der Waals surface area (Å²) in [6.07, 6.45) is 6.00.